The third kappa shape index (κ3) is 2.06. The molecule has 2 N–H and O–H groups in total. The first kappa shape index (κ1) is 12.8. The minimum atomic E-state index is -1.03. The molecule has 5 nitrogen and oxygen atoms in total. The molecule has 2 rings (SSSR count). The molecule has 1 atom stereocenters. The summed E-state index contributed by atoms with van der Waals surface area (Å²) in [5.74, 6) is -1.46. The monoisotopic (exact) mass is 270 g/mol. The van der Waals surface area contributed by atoms with Crippen LogP contribution >= 0.6 is 11.6 Å². The lowest BCUT2D eigenvalue weighted by atomic mass is 9.80. The average Bonchev–Trinajstić information content (AvgIpc) is 2.40. The Bertz CT molecular complexity index is 676. The molecule has 1 aliphatic heterocycles. The lowest BCUT2D eigenvalue weighted by Crippen LogP contribution is -2.24. The second-order valence-electron chi connectivity index (χ2n) is 3.89. The molecule has 6 heteroatoms. The summed E-state index contributed by atoms with van der Waals surface area (Å²) in [5.41, 5.74) is 6.25. The van der Waals surface area contributed by atoms with E-state index in [1.54, 1.807) is 18.2 Å². The lowest BCUT2D eigenvalue weighted by molar-refractivity contribution is 0.383. The molecule has 0 aromatic heterocycles. The Morgan fingerprint density at radius 3 is 2.53 bits per heavy atom. The van der Waals surface area contributed by atoms with Gasteiger partial charge in [0.2, 0.25) is 5.88 Å². The van der Waals surface area contributed by atoms with Crippen LogP contribution in [0.5, 0.6) is 5.75 Å². The van der Waals surface area contributed by atoms with Gasteiger partial charge in [0.05, 0.1) is 23.6 Å². The number of nitriles is 3. The van der Waals surface area contributed by atoms with Crippen molar-refractivity contribution in [2.24, 2.45) is 11.7 Å². The number of fused-ring (bicyclic) bond motifs is 1. The summed E-state index contributed by atoms with van der Waals surface area (Å²) in [6, 6.07) is 10.4. The summed E-state index contributed by atoms with van der Waals surface area (Å²) in [5, 5.41) is 27.7. The van der Waals surface area contributed by atoms with Crippen LogP contribution in [0.1, 0.15) is 11.5 Å². The molecule has 19 heavy (non-hydrogen) atoms. The molecule has 0 fully saturated rings. The van der Waals surface area contributed by atoms with Crippen molar-refractivity contribution < 1.29 is 4.74 Å². The van der Waals surface area contributed by atoms with Gasteiger partial charge in [-0.3, -0.25) is 0 Å². The Morgan fingerprint density at radius 2 is 1.95 bits per heavy atom. The van der Waals surface area contributed by atoms with E-state index < -0.39 is 11.8 Å². The fourth-order valence-corrected chi connectivity index (χ4v) is 2.17. The van der Waals surface area contributed by atoms with Crippen LogP contribution in [0, 0.1) is 39.9 Å². The number of ether oxygens (including phenoxy) is 1. The second kappa shape index (κ2) is 4.90. The van der Waals surface area contributed by atoms with Gasteiger partial charge in [-0.1, -0.05) is 11.6 Å². The Labute approximate surface area is 114 Å². The molecule has 0 saturated carbocycles. The highest BCUT2D eigenvalue weighted by Gasteiger charge is 2.35. The zero-order chi connectivity index (χ0) is 14.0. The van der Waals surface area contributed by atoms with Crippen LogP contribution in [0.15, 0.2) is 29.7 Å². The maximum atomic E-state index is 9.15. The van der Waals surface area contributed by atoms with Crippen molar-refractivity contribution in [1.82, 2.24) is 0 Å². The third-order valence-electron chi connectivity index (χ3n) is 2.84. The molecule has 0 radical (unpaired) electrons. The summed E-state index contributed by atoms with van der Waals surface area (Å²) in [6.07, 6.45) is 0. The second-order valence-corrected chi connectivity index (χ2v) is 4.32. The summed E-state index contributed by atoms with van der Waals surface area (Å²) in [7, 11) is 0. The highest BCUT2D eigenvalue weighted by atomic mass is 35.5. The standard InChI is InChI=1S/C13H7ClN4O/c14-8-1-2-11-9(3-8)12(7(4-15)5-16)10(6-17)13(18)19-11/h1-3,7,12H,18H2/t12-/m0/s1. The van der Waals surface area contributed by atoms with Crippen molar-refractivity contribution in [3.8, 4) is 24.0 Å². The van der Waals surface area contributed by atoms with Gasteiger partial charge in [0.25, 0.3) is 0 Å². The molecule has 0 amide bonds. The van der Waals surface area contributed by atoms with E-state index in [4.69, 9.17) is 37.9 Å². The summed E-state index contributed by atoms with van der Waals surface area (Å²) < 4.78 is 5.32. The quantitative estimate of drug-likeness (QED) is 0.841. The molecule has 0 aliphatic carbocycles. The first-order valence-electron chi connectivity index (χ1n) is 5.28. The van der Waals surface area contributed by atoms with Gasteiger partial charge in [0, 0.05) is 10.6 Å². The minimum Gasteiger partial charge on any atom is -0.440 e. The number of hydrogen-bond donors (Lipinski definition) is 1. The van der Waals surface area contributed by atoms with Gasteiger partial charge >= 0.3 is 0 Å². The van der Waals surface area contributed by atoms with Gasteiger partial charge in [0.1, 0.15) is 17.7 Å². The van der Waals surface area contributed by atoms with E-state index in [0.717, 1.165) is 0 Å². The van der Waals surface area contributed by atoms with Crippen LogP contribution in [-0.4, -0.2) is 0 Å². The minimum absolute atomic E-state index is 0.0721. The van der Waals surface area contributed by atoms with Crippen molar-refractivity contribution in [2.45, 2.75) is 5.92 Å². The number of hydrogen-bond acceptors (Lipinski definition) is 5. The van der Waals surface area contributed by atoms with Gasteiger partial charge in [0.15, 0.2) is 0 Å². The largest absolute Gasteiger partial charge is 0.440 e. The fraction of sp³-hybridized carbons (Fsp3) is 0.154. The van der Waals surface area contributed by atoms with Crippen molar-refractivity contribution in [3.63, 3.8) is 0 Å². The van der Waals surface area contributed by atoms with E-state index in [1.807, 2.05) is 18.2 Å². The Balaban J connectivity index is 2.68. The van der Waals surface area contributed by atoms with Crippen molar-refractivity contribution >= 4 is 11.6 Å². The lowest BCUT2D eigenvalue weighted by Gasteiger charge is -2.26. The van der Waals surface area contributed by atoms with E-state index >= 15 is 0 Å². The Hall–Kier alpha value is -2.68. The fourth-order valence-electron chi connectivity index (χ4n) is 1.99. The number of allylic oxidation sites excluding steroid dienone is 1. The van der Waals surface area contributed by atoms with Crippen LogP contribution in [0.2, 0.25) is 5.02 Å². The first-order chi connectivity index (χ1) is 9.12. The van der Waals surface area contributed by atoms with Crippen LogP contribution in [0.25, 0.3) is 0 Å². The molecular formula is C13H7ClN4O. The topological polar surface area (TPSA) is 107 Å². The number of benzene rings is 1. The van der Waals surface area contributed by atoms with Crippen molar-refractivity contribution in [2.75, 3.05) is 0 Å². The highest BCUT2D eigenvalue weighted by molar-refractivity contribution is 6.30. The number of rotatable bonds is 1. The van der Waals surface area contributed by atoms with Gasteiger partial charge in [-0.05, 0) is 18.2 Å². The van der Waals surface area contributed by atoms with Gasteiger partial charge in [-0.15, -0.1) is 0 Å². The van der Waals surface area contributed by atoms with E-state index in [0.29, 0.717) is 16.3 Å². The third-order valence-corrected chi connectivity index (χ3v) is 3.07. The zero-order valence-electron chi connectivity index (χ0n) is 9.59. The molecular weight excluding hydrogens is 264 g/mol. The maximum absolute atomic E-state index is 9.15. The molecule has 0 saturated heterocycles. The van der Waals surface area contributed by atoms with Gasteiger partial charge < -0.3 is 10.5 Å². The summed E-state index contributed by atoms with van der Waals surface area (Å²) >= 11 is 5.91. The summed E-state index contributed by atoms with van der Waals surface area (Å²) in [4.78, 5) is 0. The Morgan fingerprint density at radius 1 is 1.26 bits per heavy atom. The number of nitrogens with zero attached hydrogens (tertiary/aromatic N) is 3. The number of nitrogens with two attached hydrogens (primary N) is 1. The first-order valence-corrected chi connectivity index (χ1v) is 5.66. The SMILES string of the molecule is N#CC1=C(N)Oc2ccc(Cl)cc2[C@@H]1C(C#N)C#N. The van der Waals surface area contributed by atoms with E-state index in [2.05, 4.69) is 0 Å². The predicted octanol–water partition coefficient (Wildman–Crippen LogP) is 2.17. The molecule has 1 heterocycles. The van der Waals surface area contributed by atoms with E-state index in [-0.39, 0.29) is 11.5 Å². The average molecular weight is 271 g/mol. The molecule has 1 aromatic carbocycles. The van der Waals surface area contributed by atoms with Crippen molar-refractivity contribution in [3.05, 3.63) is 40.2 Å². The van der Waals surface area contributed by atoms with Crippen LogP contribution < -0.4 is 10.5 Å². The van der Waals surface area contributed by atoms with E-state index in [1.165, 1.54) is 0 Å². The molecule has 1 aromatic rings. The van der Waals surface area contributed by atoms with Gasteiger partial charge in [-0.25, -0.2) is 0 Å². The number of halogens is 1. The highest BCUT2D eigenvalue weighted by Crippen LogP contribution is 2.42. The van der Waals surface area contributed by atoms with Crippen molar-refractivity contribution in [1.29, 1.82) is 15.8 Å². The Kier molecular flexibility index (Phi) is 3.29. The van der Waals surface area contributed by atoms with Gasteiger partial charge in [-0.2, -0.15) is 15.8 Å². The molecule has 0 unspecified atom stereocenters. The summed E-state index contributed by atoms with van der Waals surface area (Å²) in [6.45, 7) is 0. The smallest absolute Gasteiger partial charge is 0.205 e. The molecule has 0 bridgehead atoms. The molecule has 0 spiro atoms. The van der Waals surface area contributed by atoms with Crippen LogP contribution in [0.3, 0.4) is 0 Å². The maximum Gasteiger partial charge on any atom is 0.205 e. The molecule has 92 valence electrons. The van der Waals surface area contributed by atoms with Crippen LogP contribution in [0.4, 0.5) is 0 Å². The van der Waals surface area contributed by atoms with Crippen LogP contribution in [-0.2, 0) is 0 Å². The predicted molar refractivity (Wildman–Crippen MR) is 66.4 cm³/mol. The molecule has 1 aliphatic rings. The normalized spacial score (nSPS) is 16.9. The van der Waals surface area contributed by atoms with E-state index in [9.17, 15) is 0 Å². The zero-order valence-corrected chi connectivity index (χ0v) is 10.3.